The largest absolute Gasteiger partial charge is 0.380 e. The summed E-state index contributed by atoms with van der Waals surface area (Å²) in [5.74, 6) is 1.27. The lowest BCUT2D eigenvalue weighted by Gasteiger charge is -2.35. The van der Waals surface area contributed by atoms with Crippen molar-refractivity contribution in [3.8, 4) is 0 Å². The molecule has 7 nitrogen and oxygen atoms in total. The second-order valence-electron chi connectivity index (χ2n) is 8.92. The summed E-state index contributed by atoms with van der Waals surface area (Å²) in [6, 6.07) is 26.4. The first-order valence-corrected chi connectivity index (χ1v) is 13.5. The van der Waals surface area contributed by atoms with Gasteiger partial charge in [-0.1, -0.05) is 87.7 Å². The second-order valence-corrected chi connectivity index (χ2v) is 10.8. The molecule has 0 fully saturated rings. The standard InChI is InChI=1S/C29H26N5O2PS/c1-36-19-33-23-18-20(12-13-24(23)38-28-27(33)30-14-15-32-28)25(35)26-31-16-17-34(26)29(37,21-8-4-2-5-9-21)22-10-6-3-7-11-22/h2-18,25,35H,19,37H2,1H3. The molecule has 2 unspecified atom stereocenters. The molecule has 0 amide bonds. The minimum atomic E-state index is -0.972. The summed E-state index contributed by atoms with van der Waals surface area (Å²) >= 11 is 1.56. The van der Waals surface area contributed by atoms with Crippen LogP contribution in [-0.2, 0) is 10.0 Å². The number of methoxy groups -OCH3 is 1. The van der Waals surface area contributed by atoms with Crippen LogP contribution in [0, 0.1) is 0 Å². The Balaban J connectivity index is 1.44. The first kappa shape index (κ1) is 24.8. The van der Waals surface area contributed by atoms with Crippen molar-refractivity contribution in [1.82, 2.24) is 19.5 Å². The lowest BCUT2D eigenvalue weighted by Crippen LogP contribution is -2.31. The number of aromatic nitrogens is 4. The summed E-state index contributed by atoms with van der Waals surface area (Å²) in [5.41, 5.74) is 3.75. The van der Waals surface area contributed by atoms with E-state index in [9.17, 15) is 5.11 Å². The van der Waals surface area contributed by atoms with Gasteiger partial charge in [-0.05, 0) is 28.8 Å². The third-order valence-corrected chi connectivity index (χ3v) is 8.67. The van der Waals surface area contributed by atoms with E-state index in [1.54, 1.807) is 37.5 Å². The minimum absolute atomic E-state index is 0.310. The predicted molar refractivity (Wildman–Crippen MR) is 152 cm³/mol. The second kappa shape index (κ2) is 10.3. The van der Waals surface area contributed by atoms with Crippen molar-refractivity contribution in [2.45, 2.75) is 21.3 Å². The number of benzene rings is 3. The molecule has 9 heteroatoms. The smallest absolute Gasteiger partial charge is 0.168 e. The van der Waals surface area contributed by atoms with E-state index in [-0.39, 0.29) is 0 Å². The molecule has 2 atom stereocenters. The summed E-state index contributed by atoms with van der Waals surface area (Å²) in [5, 5.41) is 11.9. The summed E-state index contributed by atoms with van der Waals surface area (Å²) in [6.45, 7) is 0.310. The predicted octanol–water partition coefficient (Wildman–Crippen LogP) is 5.59. The Labute approximate surface area is 227 Å². The van der Waals surface area contributed by atoms with E-state index in [1.165, 1.54) is 0 Å². The van der Waals surface area contributed by atoms with Crippen LogP contribution < -0.4 is 4.90 Å². The number of aliphatic hydroxyl groups excluding tert-OH is 1. The highest BCUT2D eigenvalue weighted by atomic mass is 32.2. The van der Waals surface area contributed by atoms with Gasteiger partial charge in [0.1, 0.15) is 29.0 Å². The molecule has 1 N–H and O–H groups in total. The quantitative estimate of drug-likeness (QED) is 0.271. The third kappa shape index (κ3) is 4.20. The summed E-state index contributed by atoms with van der Waals surface area (Å²) in [6.07, 6.45) is 6.05. The topological polar surface area (TPSA) is 76.3 Å². The Kier molecular flexibility index (Phi) is 6.72. The molecule has 0 bridgehead atoms. The molecule has 1 aliphatic heterocycles. The summed E-state index contributed by atoms with van der Waals surface area (Å²) < 4.78 is 7.53. The Morgan fingerprint density at radius 1 is 0.921 bits per heavy atom. The molecule has 0 aliphatic carbocycles. The van der Waals surface area contributed by atoms with Gasteiger partial charge in [-0.25, -0.2) is 15.0 Å². The molecular weight excluding hydrogens is 513 g/mol. The lowest BCUT2D eigenvalue weighted by atomic mass is 9.96. The van der Waals surface area contributed by atoms with Gasteiger partial charge in [0.15, 0.2) is 5.82 Å². The van der Waals surface area contributed by atoms with Crippen LogP contribution in [0.15, 0.2) is 114 Å². The van der Waals surface area contributed by atoms with Crippen LogP contribution >= 0.6 is 21.0 Å². The molecule has 0 radical (unpaired) electrons. The van der Waals surface area contributed by atoms with Crippen molar-refractivity contribution in [3.05, 3.63) is 126 Å². The lowest BCUT2D eigenvalue weighted by molar-refractivity contribution is 0.201. The molecule has 0 spiro atoms. The van der Waals surface area contributed by atoms with Crippen LogP contribution in [0.1, 0.15) is 28.6 Å². The van der Waals surface area contributed by atoms with Gasteiger partial charge >= 0.3 is 0 Å². The zero-order chi connectivity index (χ0) is 26.1. The summed E-state index contributed by atoms with van der Waals surface area (Å²) in [7, 11) is 4.66. The molecule has 38 heavy (non-hydrogen) atoms. The van der Waals surface area contributed by atoms with Gasteiger partial charge in [0.2, 0.25) is 0 Å². The fourth-order valence-electron chi connectivity index (χ4n) is 4.85. The summed E-state index contributed by atoms with van der Waals surface area (Å²) in [4.78, 5) is 16.7. The molecule has 3 heterocycles. The molecular formula is C29H26N5O2PS. The Morgan fingerprint density at radius 3 is 2.29 bits per heavy atom. The number of imidazole rings is 1. The van der Waals surface area contributed by atoms with Crippen LogP contribution in [0.25, 0.3) is 0 Å². The molecule has 0 saturated heterocycles. The number of hydrogen-bond donors (Lipinski definition) is 1. The van der Waals surface area contributed by atoms with E-state index >= 15 is 0 Å². The van der Waals surface area contributed by atoms with E-state index in [0.29, 0.717) is 12.6 Å². The van der Waals surface area contributed by atoms with Crippen molar-refractivity contribution >= 4 is 32.5 Å². The third-order valence-electron chi connectivity index (χ3n) is 6.68. The maximum absolute atomic E-state index is 11.8. The van der Waals surface area contributed by atoms with Crippen LogP contribution in [0.5, 0.6) is 0 Å². The Bertz CT molecular complexity index is 1520. The van der Waals surface area contributed by atoms with E-state index in [4.69, 9.17) is 4.74 Å². The van der Waals surface area contributed by atoms with Gasteiger partial charge in [-0.2, -0.15) is 0 Å². The first-order valence-electron chi connectivity index (χ1n) is 12.1. The van der Waals surface area contributed by atoms with E-state index in [2.05, 4.69) is 48.5 Å². The molecule has 2 aromatic heterocycles. The number of ether oxygens (including phenoxy) is 1. The van der Waals surface area contributed by atoms with Gasteiger partial charge < -0.3 is 14.4 Å². The van der Waals surface area contributed by atoms with E-state index < -0.39 is 11.4 Å². The SMILES string of the molecule is COCN1c2cc(C(O)c3nccn3C(P)(c3ccccc3)c3ccccc3)ccc2Sc2nccnc21. The maximum Gasteiger partial charge on any atom is 0.168 e. The van der Waals surface area contributed by atoms with Crippen molar-refractivity contribution in [3.63, 3.8) is 0 Å². The van der Waals surface area contributed by atoms with Crippen LogP contribution in [0.2, 0.25) is 0 Å². The number of fused-ring (bicyclic) bond motifs is 2. The zero-order valence-corrected chi connectivity index (χ0v) is 22.6. The van der Waals surface area contributed by atoms with Crippen LogP contribution in [0.3, 0.4) is 0 Å². The van der Waals surface area contributed by atoms with Gasteiger partial charge in [-0.3, -0.25) is 4.90 Å². The van der Waals surface area contributed by atoms with Crippen molar-refractivity contribution in [2.24, 2.45) is 0 Å². The Morgan fingerprint density at radius 2 is 1.61 bits per heavy atom. The van der Waals surface area contributed by atoms with Crippen molar-refractivity contribution in [1.29, 1.82) is 0 Å². The molecule has 190 valence electrons. The van der Waals surface area contributed by atoms with Gasteiger partial charge in [-0.15, -0.1) is 0 Å². The number of anilines is 2. The highest BCUT2D eigenvalue weighted by Crippen LogP contribution is 2.47. The number of rotatable bonds is 7. The fraction of sp³-hybridized carbons (Fsp3) is 0.138. The minimum Gasteiger partial charge on any atom is -0.380 e. The highest BCUT2D eigenvalue weighted by molar-refractivity contribution is 7.99. The zero-order valence-electron chi connectivity index (χ0n) is 20.7. The van der Waals surface area contributed by atoms with Gasteiger partial charge in [0.05, 0.1) is 5.69 Å². The van der Waals surface area contributed by atoms with Crippen LogP contribution in [-0.4, -0.2) is 38.5 Å². The number of hydrogen-bond acceptors (Lipinski definition) is 7. The van der Waals surface area contributed by atoms with Gasteiger partial charge in [0.25, 0.3) is 0 Å². The van der Waals surface area contributed by atoms with Crippen LogP contribution in [0.4, 0.5) is 11.5 Å². The average Bonchev–Trinajstić information content (AvgIpc) is 3.48. The maximum atomic E-state index is 11.8. The number of aliphatic hydroxyl groups is 1. The highest BCUT2D eigenvalue weighted by Gasteiger charge is 2.35. The van der Waals surface area contributed by atoms with Crippen molar-refractivity contribution < 1.29 is 9.84 Å². The molecule has 0 saturated carbocycles. The number of nitrogens with zero attached hydrogens (tertiary/aromatic N) is 5. The monoisotopic (exact) mass is 539 g/mol. The first-order chi connectivity index (χ1) is 18.6. The molecule has 5 aromatic rings. The normalized spacial score (nSPS) is 13.6. The van der Waals surface area contributed by atoms with E-state index in [1.807, 2.05) is 70.3 Å². The molecule has 1 aliphatic rings. The van der Waals surface area contributed by atoms with E-state index in [0.717, 1.165) is 38.1 Å². The van der Waals surface area contributed by atoms with Gasteiger partial charge in [0, 0.05) is 36.8 Å². The fourth-order valence-corrected chi connectivity index (χ4v) is 6.44. The molecule has 3 aromatic carbocycles. The Hall–Kier alpha value is -3.55. The molecule has 6 rings (SSSR count). The van der Waals surface area contributed by atoms with Crippen molar-refractivity contribution in [2.75, 3.05) is 18.7 Å². The average molecular weight is 540 g/mol.